The normalized spacial score (nSPS) is 12.2. The molecule has 3 rings (SSSR count). The van der Waals surface area contributed by atoms with E-state index in [1.54, 1.807) is 0 Å². The number of hydrogen-bond acceptors (Lipinski definition) is 1. The van der Waals surface area contributed by atoms with Gasteiger partial charge in [-0.2, -0.15) is 0 Å². The van der Waals surface area contributed by atoms with Gasteiger partial charge in [-0.15, -0.1) is 0 Å². The van der Waals surface area contributed by atoms with Crippen LogP contribution in [0.15, 0.2) is 47.5 Å². The number of benzene rings is 2. The van der Waals surface area contributed by atoms with Crippen molar-refractivity contribution in [3.63, 3.8) is 0 Å². The van der Waals surface area contributed by atoms with Gasteiger partial charge in [-0.1, -0.05) is 43.0 Å². The zero-order chi connectivity index (χ0) is 11.0. The van der Waals surface area contributed by atoms with Gasteiger partial charge in [0.1, 0.15) is 0 Å². The van der Waals surface area contributed by atoms with Crippen molar-refractivity contribution in [3.05, 3.63) is 63.3 Å². The molecule has 0 unspecified atom stereocenters. The van der Waals surface area contributed by atoms with Crippen molar-refractivity contribution in [1.29, 1.82) is 0 Å². The molecular weight excluding hydrogens is 194 g/mol. The summed E-state index contributed by atoms with van der Waals surface area (Å²) in [4.78, 5) is 4.44. The van der Waals surface area contributed by atoms with Gasteiger partial charge in [0.2, 0.25) is 0 Å². The molecule has 1 nitrogen and oxygen atoms in total. The van der Waals surface area contributed by atoms with E-state index in [1.807, 2.05) is 42.6 Å². The molecule has 0 spiro atoms. The minimum Gasteiger partial charge on any atom is -0.256 e. The fourth-order valence-electron chi connectivity index (χ4n) is 2.07. The molecule has 0 amide bonds. The lowest BCUT2D eigenvalue weighted by Gasteiger charge is -1.95. The highest BCUT2D eigenvalue weighted by molar-refractivity contribution is 5.93. The Kier molecular flexibility index (Phi) is 1.97. The van der Waals surface area contributed by atoms with Gasteiger partial charge in [-0.3, -0.25) is 4.99 Å². The van der Waals surface area contributed by atoms with E-state index in [2.05, 4.69) is 23.7 Å². The molecule has 1 heterocycles. The number of hydrogen-bond donors (Lipinski definition) is 0. The van der Waals surface area contributed by atoms with Gasteiger partial charge in [0, 0.05) is 11.4 Å². The summed E-state index contributed by atoms with van der Waals surface area (Å²) in [6.45, 7) is 4.09. The topological polar surface area (TPSA) is 12.4 Å². The maximum absolute atomic E-state index is 4.44. The smallest absolute Gasteiger partial charge is 0.0714 e. The average molecular weight is 205 g/mol. The molecule has 0 aliphatic carbocycles. The van der Waals surface area contributed by atoms with Crippen LogP contribution in [0.5, 0.6) is 0 Å². The molecule has 1 aliphatic rings. The van der Waals surface area contributed by atoms with E-state index in [9.17, 15) is 0 Å². The Labute approximate surface area is 93.4 Å². The Morgan fingerprint density at radius 2 is 1.81 bits per heavy atom. The van der Waals surface area contributed by atoms with Gasteiger partial charge in [0.25, 0.3) is 0 Å². The van der Waals surface area contributed by atoms with Crippen molar-refractivity contribution in [2.45, 2.75) is 0 Å². The predicted octanol–water partition coefficient (Wildman–Crippen LogP) is 1.88. The van der Waals surface area contributed by atoms with Crippen LogP contribution in [0, 0.1) is 10.4 Å². The van der Waals surface area contributed by atoms with Crippen molar-refractivity contribution in [2.75, 3.05) is 0 Å². The Hall–Kier alpha value is -2.15. The average Bonchev–Trinajstić information content (AvgIpc) is 2.49. The lowest BCUT2D eigenvalue weighted by Crippen LogP contribution is -2.07. The molecule has 1 aliphatic heterocycles. The van der Waals surface area contributed by atoms with Crippen molar-refractivity contribution in [3.8, 4) is 0 Å². The van der Waals surface area contributed by atoms with E-state index >= 15 is 0 Å². The third-order valence-corrected chi connectivity index (χ3v) is 2.83. The summed E-state index contributed by atoms with van der Waals surface area (Å²) in [6.07, 6.45) is 3.89. The minimum atomic E-state index is 0.994. The van der Waals surface area contributed by atoms with Crippen LogP contribution in [0.25, 0.3) is 12.7 Å². The monoisotopic (exact) mass is 205 g/mol. The summed E-state index contributed by atoms with van der Waals surface area (Å²) in [5.41, 5.74) is 0.994. The van der Waals surface area contributed by atoms with Crippen molar-refractivity contribution < 1.29 is 0 Å². The molecule has 0 saturated heterocycles. The van der Waals surface area contributed by atoms with Crippen LogP contribution in [-0.4, -0.2) is 6.21 Å². The number of fused-ring (bicyclic) bond motifs is 2. The maximum atomic E-state index is 4.44. The number of rotatable bonds is 0. The van der Waals surface area contributed by atoms with Crippen LogP contribution in [0.4, 0.5) is 5.69 Å². The van der Waals surface area contributed by atoms with Gasteiger partial charge in [-0.25, -0.2) is 0 Å². The minimum absolute atomic E-state index is 0.994. The van der Waals surface area contributed by atoms with Crippen LogP contribution >= 0.6 is 0 Å². The summed E-state index contributed by atoms with van der Waals surface area (Å²) >= 11 is 0. The lowest BCUT2D eigenvalue weighted by atomic mass is 10.1. The van der Waals surface area contributed by atoms with Gasteiger partial charge >= 0.3 is 0 Å². The van der Waals surface area contributed by atoms with Crippen molar-refractivity contribution in [1.82, 2.24) is 0 Å². The molecule has 0 aromatic heterocycles. The molecule has 0 atom stereocenters. The van der Waals surface area contributed by atoms with Crippen LogP contribution < -0.4 is 10.4 Å². The van der Waals surface area contributed by atoms with Crippen LogP contribution in [0.1, 0.15) is 0 Å². The predicted molar refractivity (Wildman–Crippen MR) is 67.9 cm³/mol. The Morgan fingerprint density at radius 1 is 0.938 bits per heavy atom. The van der Waals surface area contributed by atoms with E-state index in [-0.39, 0.29) is 0 Å². The molecular formula is C15H11N. The fourth-order valence-corrected chi connectivity index (χ4v) is 2.07. The zero-order valence-corrected chi connectivity index (χ0v) is 8.85. The van der Waals surface area contributed by atoms with Crippen molar-refractivity contribution in [2.24, 2.45) is 4.99 Å². The largest absolute Gasteiger partial charge is 0.256 e. The Balaban J connectivity index is 2.79. The van der Waals surface area contributed by atoms with Gasteiger partial charge in [0.05, 0.1) is 5.69 Å². The summed E-state index contributed by atoms with van der Waals surface area (Å²) < 4.78 is 0. The van der Waals surface area contributed by atoms with Crippen LogP contribution in [0.2, 0.25) is 0 Å². The number of aliphatic imine (C=N–C) groups is 1. The molecule has 76 valence electrons. The maximum Gasteiger partial charge on any atom is 0.0714 e. The highest BCUT2D eigenvalue weighted by Gasteiger charge is 1.97. The standard InChI is InChI=1S/C15H11N/c1-11-5-4-8-14-15(11)13-7-3-2-6-12(13)9-10-16-14/h2-10H,1H2. The SMILES string of the molecule is C=c1cccc2c1=c1ccccc1=CC=N2. The third kappa shape index (κ3) is 1.29. The second kappa shape index (κ2) is 3.46. The highest BCUT2D eigenvalue weighted by atomic mass is 14.7. The summed E-state index contributed by atoms with van der Waals surface area (Å²) in [6, 6.07) is 14.4. The molecule has 0 N–H and O–H groups in total. The van der Waals surface area contributed by atoms with E-state index in [0.29, 0.717) is 0 Å². The van der Waals surface area contributed by atoms with E-state index < -0.39 is 0 Å². The van der Waals surface area contributed by atoms with Crippen LogP contribution in [0.3, 0.4) is 0 Å². The first-order valence-corrected chi connectivity index (χ1v) is 5.28. The first-order valence-electron chi connectivity index (χ1n) is 5.28. The highest BCUT2D eigenvalue weighted by Crippen LogP contribution is 2.11. The molecule has 0 fully saturated rings. The van der Waals surface area contributed by atoms with E-state index in [1.165, 1.54) is 10.4 Å². The molecule has 0 radical (unpaired) electrons. The third-order valence-electron chi connectivity index (χ3n) is 2.83. The van der Waals surface area contributed by atoms with E-state index in [4.69, 9.17) is 0 Å². The summed E-state index contributed by atoms with van der Waals surface area (Å²) in [5, 5.41) is 4.57. The summed E-state index contributed by atoms with van der Waals surface area (Å²) in [7, 11) is 0. The first kappa shape index (κ1) is 9.10. The molecule has 16 heavy (non-hydrogen) atoms. The molecule has 0 saturated carbocycles. The van der Waals surface area contributed by atoms with Gasteiger partial charge < -0.3 is 0 Å². The molecule has 2 aromatic carbocycles. The lowest BCUT2D eigenvalue weighted by molar-refractivity contribution is 1.38. The second-order valence-electron chi connectivity index (χ2n) is 3.84. The number of nitrogens with zero attached hydrogens (tertiary/aromatic N) is 1. The zero-order valence-electron chi connectivity index (χ0n) is 8.85. The second-order valence-corrected chi connectivity index (χ2v) is 3.84. The molecule has 1 heteroatoms. The van der Waals surface area contributed by atoms with Crippen LogP contribution in [-0.2, 0) is 0 Å². The quantitative estimate of drug-likeness (QED) is 0.622. The summed E-state index contributed by atoms with van der Waals surface area (Å²) in [5.74, 6) is 0. The molecule has 2 aromatic rings. The fraction of sp³-hybridized carbons (Fsp3) is 0. The Morgan fingerprint density at radius 3 is 2.75 bits per heavy atom. The van der Waals surface area contributed by atoms with E-state index in [0.717, 1.165) is 16.1 Å². The first-order chi connectivity index (χ1) is 7.86. The molecule has 0 bridgehead atoms. The van der Waals surface area contributed by atoms with Gasteiger partial charge in [0.15, 0.2) is 0 Å². The van der Waals surface area contributed by atoms with Gasteiger partial charge in [-0.05, 0) is 27.8 Å². The van der Waals surface area contributed by atoms with Crippen molar-refractivity contribution >= 4 is 24.6 Å². The Bertz CT molecular complexity index is 770.